The number of hydrogen-bond acceptors (Lipinski definition) is 1. The Bertz CT molecular complexity index is 630. The lowest BCUT2D eigenvalue weighted by atomic mass is 9.95. The molecule has 4 heteroatoms. The number of rotatable bonds is 5. The first-order valence-electron chi connectivity index (χ1n) is 7.02. The largest absolute Gasteiger partial charge is 0.310 e. The number of halogens is 3. The highest BCUT2D eigenvalue weighted by Gasteiger charge is 2.16. The van der Waals surface area contributed by atoms with E-state index in [1.807, 2.05) is 24.3 Å². The van der Waals surface area contributed by atoms with Gasteiger partial charge in [0.2, 0.25) is 0 Å². The Kier molecular flexibility index (Phi) is 5.80. The van der Waals surface area contributed by atoms with Gasteiger partial charge in [0.25, 0.3) is 0 Å². The first kappa shape index (κ1) is 16.5. The molecule has 0 spiro atoms. The zero-order valence-electron chi connectivity index (χ0n) is 12.1. The third kappa shape index (κ3) is 3.65. The maximum atomic E-state index is 14.5. The molecule has 1 N–H and O–H groups in total. The van der Waals surface area contributed by atoms with Gasteiger partial charge in [-0.05, 0) is 53.0 Å². The molecule has 0 bridgehead atoms. The number of nitrogens with one attached hydrogen (secondary N) is 1. The lowest BCUT2D eigenvalue weighted by molar-refractivity contribution is 0.571. The van der Waals surface area contributed by atoms with Crippen LogP contribution < -0.4 is 5.32 Å². The fourth-order valence-electron chi connectivity index (χ4n) is 2.32. The van der Waals surface area contributed by atoms with Crippen molar-refractivity contribution in [2.45, 2.75) is 26.3 Å². The smallest absolute Gasteiger partial charge is 0.150 e. The van der Waals surface area contributed by atoms with Crippen LogP contribution in [0.3, 0.4) is 0 Å². The summed E-state index contributed by atoms with van der Waals surface area (Å²) in [4.78, 5) is 0. The second-order valence-electron chi connectivity index (χ2n) is 4.99. The Morgan fingerprint density at radius 2 is 1.90 bits per heavy atom. The van der Waals surface area contributed by atoms with Gasteiger partial charge in [-0.3, -0.25) is 0 Å². The predicted molar refractivity (Wildman–Crippen MR) is 91.3 cm³/mol. The molecule has 2 aromatic carbocycles. The van der Waals surface area contributed by atoms with Crippen LogP contribution in [0.15, 0.2) is 40.9 Å². The summed E-state index contributed by atoms with van der Waals surface area (Å²) in [5, 5.41) is 3.56. The van der Waals surface area contributed by atoms with Gasteiger partial charge in [0.15, 0.2) is 5.82 Å². The molecular weight excluding hydrogens is 353 g/mol. The minimum atomic E-state index is -0.388. The zero-order valence-corrected chi connectivity index (χ0v) is 14.4. The fourth-order valence-corrected chi connectivity index (χ4v) is 2.80. The molecule has 0 amide bonds. The maximum absolute atomic E-state index is 14.5. The number of benzene rings is 2. The Balaban J connectivity index is 2.48. The molecule has 2 rings (SSSR count). The normalized spacial score (nSPS) is 12.4. The molecular formula is C17H18BrClFN. The molecule has 112 valence electrons. The fraction of sp³-hybridized carbons (Fsp3) is 0.294. The van der Waals surface area contributed by atoms with Crippen LogP contribution >= 0.6 is 27.5 Å². The van der Waals surface area contributed by atoms with Gasteiger partial charge in [0.05, 0.1) is 5.02 Å². The highest BCUT2D eigenvalue weighted by Crippen LogP contribution is 2.36. The van der Waals surface area contributed by atoms with E-state index < -0.39 is 0 Å². The molecule has 0 radical (unpaired) electrons. The van der Waals surface area contributed by atoms with Crippen LogP contribution in [0.4, 0.5) is 4.39 Å². The molecule has 1 nitrogen and oxygen atoms in total. The van der Waals surface area contributed by atoms with Crippen molar-refractivity contribution in [3.63, 3.8) is 0 Å². The first-order chi connectivity index (χ1) is 10.1. The summed E-state index contributed by atoms with van der Waals surface area (Å²) in [6, 6.07) is 11.5. The zero-order chi connectivity index (χ0) is 15.4. The third-order valence-electron chi connectivity index (χ3n) is 3.45. The van der Waals surface area contributed by atoms with Crippen molar-refractivity contribution in [2.24, 2.45) is 0 Å². The lowest BCUT2D eigenvalue weighted by Gasteiger charge is -2.18. The lowest BCUT2D eigenvalue weighted by Crippen LogP contribution is -2.19. The van der Waals surface area contributed by atoms with Gasteiger partial charge in [0.1, 0.15) is 0 Å². The summed E-state index contributed by atoms with van der Waals surface area (Å²) < 4.78 is 15.0. The van der Waals surface area contributed by atoms with E-state index in [0.29, 0.717) is 10.0 Å². The van der Waals surface area contributed by atoms with Crippen LogP contribution in [0.1, 0.15) is 31.9 Å². The molecule has 1 atom stereocenters. The topological polar surface area (TPSA) is 12.0 Å². The van der Waals surface area contributed by atoms with Crippen molar-refractivity contribution in [1.82, 2.24) is 5.32 Å². The standard InChI is InChI=1S/C17H18BrClFN/c1-3-10-21-11(2)12-6-4-5-7-13(12)14-8-9-15(18)16(19)17(14)20/h4-9,11,21H,3,10H2,1-2H3. The van der Waals surface area contributed by atoms with Crippen LogP contribution in [0.2, 0.25) is 5.02 Å². The molecule has 2 aromatic rings. The van der Waals surface area contributed by atoms with Gasteiger partial charge in [-0.1, -0.05) is 48.9 Å². The summed E-state index contributed by atoms with van der Waals surface area (Å²) >= 11 is 9.26. The molecule has 0 aliphatic rings. The first-order valence-corrected chi connectivity index (χ1v) is 8.19. The van der Waals surface area contributed by atoms with Crippen molar-refractivity contribution in [1.29, 1.82) is 0 Å². The van der Waals surface area contributed by atoms with Crippen molar-refractivity contribution in [2.75, 3.05) is 6.54 Å². The molecule has 0 heterocycles. The van der Waals surface area contributed by atoms with E-state index in [1.54, 1.807) is 12.1 Å². The van der Waals surface area contributed by atoms with Crippen LogP contribution in [0, 0.1) is 5.82 Å². The minimum Gasteiger partial charge on any atom is -0.310 e. The van der Waals surface area contributed by atoms with E-state index in [-0.39, 0.29) is 16.9 Å². The number of hydrogen-bond donors (Lipinski definition) is 1. The highest BCUT2D eigenvalue weighted by molar-refractivity contribution is 9.10. The summed E-state index contributed by atoms with van der Waals surface area (Å²) in [5.74, 6) is -0.388. The summed E-state index contributed by atoms with van der Waals surface area (Å²) in [6.07, 6.45) is 1.06. The molecule has 0 aliphatic heterocycles. The Hall–Kier alpha value is -0.900. The van der Waals surface area contributed by atoms with E-state index >= 15 is 0 Å². The molecule has 0 aromatic heterocycles. The average Bonchev–Trinajstić information content (AvgIpc) is 2.50. The third-order valence-corrected chi connectivity index (χ3v) is 4.71. The average molecular weight is 371 g/mol. The second-order valence-corrected chi connectivity index (χ2v) is 6.22. The van der Waals surface area contributed by atoms with Crippen LogP contribution in [-0.4, -0.2) is 6.54 Å². The molecule has 1 unspecified atom stereocenters. The molecule has 0 fully saturated rings. The van der Waals surface area contributed by atoms with Gasteiger partial charge in [-0.2, -0.15) is 0 Å². The molecule has 0 saturated carbocycles. The maximum Gasteiger partial charge on any atom is 0.150 e. The van der Waals surface area contributed by atoms with Crippen LogP contribution in [-0.2, 0) is 0 Å². The van der Waals surface area contributed by atoms with Gasteiger partial charge in [0, 0.05) is 16.1 Å². The van der Waals surface area contributed by atoms with Crippen LogP contribution in [0.25, 0.3) is 11.1 Å². The van der Waals surface area contributed by atoms with Crippen LogP contribution in [0.5, 0.6) is 0 Å². The molecule has 0 aliphatic carbocycles. The van der Waals surface area contributed by atoms with E-state index in [9.17, 15) is 4.39 Å². The SMILES string of the molecule is CCCNC(C)c1ccccc1-c1ccc(Br)c(Cl)c1F. The summed E-state index contributed by atoms with van der Waals surface area (Å²) in [7, 11) is 0. The minimum absolute atomic E-state index is 0.122. The second kappa shape index (κ2) is 7.39. The van der Waals surface area contributed by atoms with Gasteiger partial charge >= 0.3 is 0 Å². The van der Waals surface area contributed by atoms with E-state index in [0.717, 1.165) is 24.1 Å². The Morgan fingerprint density at radius 3 is 2.62 bits per heavy atom. The predicted octanol–water partition coefficient (Wildman–Crippen LogP) is 5.97. The summed E-state index contributed by atoms with van der Waals surface area (Å²) in [6.45, 7) is 5.14. The van der Waals surface area contributed by atoms with Gasteiger partial charge in [-0.25, -0.2) is 4.39 Å². The van der Waals surface area contributed by atoms with E-state index in [2.05, 4.69) is 35.1 Å². The summed E-state index contributed by atoms with van der Waals surface area (Å²) in [5.41, 5.74) is 2.48. The molecule has 21 heavy (non-hydrogen) atoms. The van der Waals surface area contributed by atoms with E-state index in [4.69, 9.17) is 11.6 Å². The Morgan fingerprint density at radius 1 is 1.19 bits per heavy atom. The highest BCUT2D eigenvalue weighted by atomic mass is 79.9. The Labute approximate surface area is 138 Å². The van der Waals surface area contributed by atoms with Gasteiger partial charge in [-0.15, -0.1) is 0 Å². The van der Waals surface area contributed by atoms with E-state index in [1.165, 1.54) is 0 Å². The van der Waals surface area contributed by atoms with Gasteiger partial charge < -0.3 is 5.32 Å². The van der Waals surface area contributed by atoms with Crippen molar-refractivity contribution in [3.8, 4) is 11.1 Å². The van der Waals surface area contributed by atoms with Crippen molar-refractivity contribution < 1.29 is 4.39 Å². The quantitative estimate of drug-likeness (QED) is 0.639. The molecule has 0 saturated heterocycles. The van der Waals surface area contributed by atoms with Crippen molar-refractivity contribution >= 4 is 27.5 Å². The monoisotopic (exact) mass is 369 g/mol. The van der Waals surface area contributed by atoms with Crippen molar-refractivity contribution in [3.05, 3.63) is 57.3 Å².